The van der Waals surface area contributed by atoms with Gasteiger partial charge in [0.15, 0.2) is 0 Å². The van der Waals surface area contributed by atoms with Crippen LogP contribution in [0.5, 0.6) is 5.75 Å². The smallest absolute Gasteiger partial charge is 0.419 e. The van der Waals surface area contributed by atoms with Crippen LogP contribution in [0, 0.1) is 13.8 Å². The van der Waals surface area contributed by atoms with Gasteiger partial charge >= 0.3 is 6.18 Å². The third-order valence-corrected chi connectivity index (χ3v) is 5.44. The minimum absolute atomic E-state index is 0.209. The van der Waals surface area contributed by atoms with Crippen LogP contribution in [0.1, 0.15) is 22.6 Å². The first-order valence-electron chi connectivity index (χ1n) is 10.2. The summed E-state index contributed by atoms with van der Waals surface area (Å²) >= 11 is 0. The molecule has 0 spiro atoms. The summed E-state index contributed by atoms with van der Waals surface area (Å²) in [5.74, 6) is 0.148. The highest BCUT2D eigenvalue weighted by Crippen LogP contribution is 2.39. The largest absolute Gasteiger partial charge is 0.496 e. The first kappa shape index (κ1) is 22.3. The maximum absolute atomic E-state index is 13.5. The summed E-state index contributed by atoms with van der Waals surface area (Å²) in [5.41, 5.74) is 3.62. The van der Waals surface area contributed by atoms with Crippen molar-refractivity contribution >= 4 is 0 Å². The molecule has 0 bridgehead atoms. The van der Waals surface area contributed by atoms with Gasteiger partial charge in [0.2, 0.25) is 0 Å². The van der Waals surface area contributed by atoms with Gasteiger partial charge in [0.25, 0.3) is 0 Å². The summed E-state index contributed by atoms with van der Waals surface area (Å²) in [6.07, 6.45) is -4.70. The lowest BCUT2D eigenvalue weighted by Crippen LogP contribution is -2.21. The number of pyridine rings is 1. The number of fused-ring (bicyclic) bond motifs is 1. The first-order valence-corrected chi connectivity index (χ1v) is 10.2. The summed E-state index contributed by atoms with van der Waals surface area (Å²) in [4.78, 5) is 9.22. The van der Waals surface area contributed by atoms with E-state index in [1.165, 1.54) is 19.2 Å². The quantitative estimate of drug-likeness (QED) is 0.516. The van der Waals surface area contributed by atoms with Gasteiger partial charge in [-0.3, -0.25) is 4.98 Å². The van der Waals surface area contributed by atoms with E-state index in [1.54, 1.807) is 0 Å². The van der Waals surface area contributed by atoms with Crippen LogP contribution >= 0.6 is 0 Å². The molecule has 1 aromatic carbocycles. The summed E-state index contributed by atoms with van der Waals surface area (Å²) in [7, 11) is 1.20. The molecule has 0 saturated carbocycles. The molecule has 170 valence electrons. The average molecular weight is 449 g/mol. The van der Waals surface area contributed by atoms with Gasteiger partial charge in [0, 0.05) is 34.6 Å². The Labute approximate surface area is 183 Å². The molecule has 4 rings (SSSR count). The van der Waals surface area contributed by atoms with Gasteiger partial charge in [-0.05, 0) is 38.1 Å². The monoisotopic (exact) mass is 449 g/mol. The number of nitrogens with zero attached hydrogens (tertiary/aromatic N) is 3. The Morgan fingerprint density at radius 2 is 1.81 bits per heavy atom. The van der Waals surface area contributed by atoms with Gasteiger partial charge in [0.05, 0.1) is 31.5 Å². The fraction of sp³-hybridized carbons (Fsp3) is 0.391. The Morgan fingerprint density at radius 1 is 1.09 bits per heavy atom. The van der Waals surface area contributed by atoms with Crippen molar-refractivity contribution in [1.82, 2.24) is 14.5 Å². The lowest BCUT2D eigenvalue weighted by molar-refractivity contribution is -0.138. The van der Waals surface area contributed by atoms with Crippen LogP contribution in [0.15, 0.2) is 30.3 Å². The van der Waals surface area contributed by atoms with Crippen molar-refractivity contribution in [2.24, 2.45) is 0 Å². The Balaban J connectivity index is 1.92. The number of methoxy groups -OCH3 is 1. The molecule has 1 atom stereocenters. The van der Waals surface area contributed by atoms with Crippen molar-refractivity contribution in [3.05, 3.63) is 53.0 Å². The van der Waals surface area contributed by atoms with Crippen molar-refractivity contribution in [2.75, 3.05) is 20.4 Å². The van der Waals surface area contributed by atoms with Gasteiger partial charge in [-0.2, -0.15) is 13.2 Å². The molecular formula is C23H23F4N3O2. The minimum atomic E-state index is -4.54. The van der Waals surface area contributed by atoms with E-state index < -0.39 is 24.5 Å². The predicted molar refractivity (Wildman–Crippen MR) is 111 cm³/mol. The van der Waals surface area contributed by atoms with Crippen molar-refractivity contribution in [1.29, 1.82) is 0 Å². The Kier molecular flexibility index (Phi) is 5.94. The van der Waals surface area contributed by atoms with E-state index in [9.17, 15) is 17.6 Å². The molecule has 3 aromatic rings. The van der Waals surface area contributed by atoms with Crippen LogP contribution in [-0.4, -0.2) is 41.0 Å². The summed E-state index contributed by atoms with van der Waals surface area (Å²) in [5, 5.41) is 0. The maximum atomic E-state index is 13.5. The Bertz CT molecular complexity index is 1120. The minimum Gasteiger partial charge on any atom is -0.496 e. The second kappa shape index (κ2) is 8.54. The van der Waals surface area contributed by atoms with E-state index in [0.717, 1.165) is 28.7 Å². The molecule has 0 N–H and O–H groups in total. The van der Waals surface area contributed by atoms with E-state index in [1.807, 2.05) is 30.5 Å². The zero-order chi connectivity index (χ0) is 23.0. The molecule has 3 heterocycles. The molecule has 0 amide bonds. The number of aromatic nitrogens is 3. The van der Waals surface area contributed by atoms with E-state index >= 15 is 0 Å². The number of ether oxygens (including phenoxy) is 2. The summed E-state index contributed by atoms with van der Waals surface area (Å²) < 4.78 is 66.0. The maximum Gasteiger partial charge on any atom is 0.419 e. The molecule has 9 heteroatoms. The van der Waals surface area contributed by atoms with Gasteiger partial charge in [-0.1, -0.05) is 6.07 Å². The number of aryl methyl sites for hydroxylation is 2. The van der Waals surface area contributed by atoms with Crippen LogP contribution in [0.25, 0.3) is 22.6 Å². The fourth-order valence-corrected chi connectivity index (χ4v) is 4.10. The molecule has 1 aliphatic rings. The van der Waals surface area contributed by atoms with E-state index in [-0.39, 0.29) is 12.3 Å². The van der Waals surface area contributed by atoms with Gasteiger partial charge < -0.3 is 14.0 Å². The molecule has 0 saturated heterocycles. The molecular weight excluding hydrogens is 426 g/mol. The van der Waals surface area contributed by atoms with E-state index in [0.29, 0.717) is 30.1 Å². The SMILES string of the molecule is COc1cc(-c2nc(-c3cc(C)nc(C)c3)c3n2CC(CF)OCC3)ccc1C(F)(F)F. The highest BCUT2D eigenvalue weighted by atomic mass is 19.4. The van der Waals surface area contributed by atoms with Crippen molar-refractivity contribution < 1.29 is 27.0 Å². The third-order valence-electron chi connectivity index (χ3n) is 5.44. The second-order valence-corrected chi connectivity index (χ2v) is 7.79. The number of alkyl halides is 4. The average Bonchev–Trinajstić information content (AvgIpc) is 2.95. The topological polar surface area (TPSA) is 49.2 Å². The number of benzene rings is 1. The molecule has 0 radical (unpaired) electrons. The number of imidazole rings is 1. The highest BCUT2D eigenvalue weighted by Gasteiger charge is 2.35. The molecule has 1 aliphatic heterocycles. The second-order valence-electron chi connectivity index (χ2n) is 7.79. The summed E-state index contributed by atoms with van der Waals surface area (Å²) in [6.45, 7) is 3.63. The fourth-order valence-electron chi connectivity index (χ4n) is 4.10. The Morgan fingerprint density at radius 3 is 2.44 bits per heavy atom. The van der Waals surface area contributed by atoms with Gasteiger partial charge in [-0.15, -0.1) is 0 Å². The number of rotatable bonds is 4. The molecule has 1 unspecified atom stereocenters. The van der Waals surface area contributed by atoms with E-state index in [2.05, 4.69) is 4.98 Å². The zero-order valence-corrected chi connectivity index (χ0v) is 18.0. The normalized spacial score (nSPS) is 16.5. The molecule has 0 aliphatic carbocycles. The number of hydrogen-bond acceptors (Lipinski definition) is 4. The molecule has 5 nitrogen and oxygen atoms in total. The standard InChI is InChI=1S/C23H23F4N3O2/c1-13-8-16(9-14(2)28-13)21-19-6-7-32-17(11-24)12-30(19)22(29-21)15-4-5-18(23(25,26)27)20(10-15)31-3/h4-5,8-10,17H,6-7,11-12H2,1-3H3. The predicted octanol–water partition coefficient (Wildman–Crippen LogP) is 5.17. The lowest BCUT2D eigenvalue weighted by Gasteiger charge is -2.16. The van der Waals surface area contributed by atoms with Crippen LogP contribution in [0.4, 0.5) is 17.6 Å². The highest BCUT2D eigenvalue weighted by molar-refractivity contribution is 5.70. The Hall–Kier alpha value is -2.94. The van der Waals surface area contributed by atoms with Crippen LogP contribution in [0.3, 0.4) is 0 Å². The number of halogens is 4. The van der Waals surface area contributed by atoms with Crippen molar-refractivity contribution in [2.45, 2.75) is 39.1 Å². The molecule has 2 aromatic heterocycles. The first-order chi connectivity index (χ1) is 15.2. The summed E-state index contributed by atoms with van der Waals surface area (Å²) in [6, 6.07) is 7.48. The van der Waals surface area contributed by atoms with Crippen LogP contribution < -0.4 is 4.74 Å². The zero-order valence-electron chi connectivity index (χ0n) is 18.0. The van der Waals surface area contributed by atoms with E-state index in [4.69, 9.17) is 14.5 Å². The van der Waals surface area contributed by atoms with Gasteiger partial charge in [0.1, 0.15) is 24.4 Å². The third kappa shape index (κ3) is 4.21. The van der Waals surface area contributed by atoms with Gasteiger partial charge in [-0.25, -0.2) is 9.37 Å². The van der Waals surface area contributed by atoms with Crippen molar-refractivity contribution in [3.63, 3.8) is 0 Å². The van der Waals surface area contributed by atoms with Crippen LogP contribution in [0.2, 0.25) is 0 Å². The molecule has 0 fully saturated rings. The molecule has 32 heavy (non-hydrogen) atoms. The number of hydrogen-bond donors (Lipinski definition) is 0. The van der Waals surface area contributed by atoms with Crippen molar-refractivity contribution in [3.8, 4) is 28.4 Å². The lowest BCUT2D eigenvalue weighted by atomic mass is 10.1. The van der Waals surface area contributed by atoms with Crippen LogP contribution in [-0.2, 0) is 23.9 Å².